The molecule has 1 aromatic carbocycles. The van der Waals surface area contributed by atoms with Gasteiger partial charge in [-0.3, -0.25) is 4.79 Å². The molecule has 0 aliphatic carbocycles. The molecular weight excluding hydrogens is 235 g/mol. The number of para-hydroxylation sites is 1. The number of alkyl halides is 3. The van der Waals surface area contributed by atoms with Gasteiger partial charge in [0.1, 0.15) is 11.3 Å². The third-order valence-corrected chi connectivity index (χ3v) is 2.26. The Balaban J connectivity index is 2.49. The van der Waals surface area contributed by atoms with E-state index in [0.29, 0.717) is 11.8 Å². The van der Waals surface area contributed by atoms with E-state index in [9.17, 15) is 18.0 Å². The Morgan fingerprint density at radius 3 is 2.76 bits per heavy atom. The van der Waals surface area contributed by atoms with E-state index in [4.69, 9.17) is 4.42 Å². The predicted molar refractivity (Wildman–Crippen MR) is 54.1 cm³/mol. The van der Waals surface area contributed by atoms with Crippen molar-refractivity contribution in [3.8, 4) is 0 Å². The van der Waals surface area contributed by atoms with Gasteiger partial charge in [-0.05, 0) is 12.1 Å². The summed E-state index contributed by atoms with van der Waals surface area (Å²) in [6, 6.07) is 5.28. The van der Waals surface area contributed by atoms with Gasteiger partial charge in [0.25, 0.3) is 0 Å². The zero-order valence-electron chi connectivity index (χ0n) is 8.54. The van der Waals surface area contributed by atoms with Gasteiger partial charge in [0.15, 0.2) is 0 Å². The average molecular weight is 243 g/mol. The molecule has 0 bridgehead atoms. The van der Waals surface area contributed by atoms with Crippen LogP contribution in [0.4, 0.5) is 13.2 Å². The number of benzene rings is 1. The minimum atomic E-state index is -4.45. The molecule has 2 aromatic rings. The molecule has 17 heavy (non-hydrogen) atoms. The fraction of sp³-hybridized carbons (Fsp3) is 0.182. The summed E-state index contributed by atoms with van der Waals surface area (Å²) in [5.74, 6) is 0.281. The molecule has 3 nitrogen and oxygen atoms in total. The maximum Gasteiger partial charge on any atom is 0.420 e. The third-order valence-electron chi connectivity index (χ3n) is 2.26. The lowest BCUT2D eigenvalue weighted by atomic mass is 10.1. The van der Waals surface area contributed by atoms with Crippen molar-refractivity contribution in [3.05, 3.63) is 35.6 Å². The third kappa shape index (κ3) is 2.25. The summed E-state index contributed by atoms with van der Waals surface area (Å²) in [7, 11) is 0. The number of furan rings is 1. The molecule has 1 amide bonds. The Morgan fingerprint density at radius 2 is 2.12 bits per heavy atom. The number of amides is 1. The summed E-state index contributed by atoms with van der Waals surface area (Å²) >= 11 is 0. The molecule has 90 valence electrons. The molecule has 0 aliphatic heterocycles. The van der Waals surface area contributed by atoms with Crippen LogP contribution in [-0.4, -0.2) is 6.41 Å². The Kier molecular flexibility index (Phi) is 2.79. The molecule has 1 aromatic heterocycles. The first-order valence-corrected chi connectivity index (χ1v) is 4.78. The molecule has 0 unspecified atom stereocenters. The second-order valence-electron chi connectivity index (χ2n) is 3.43. The summed E-state index contributed by atoms with van der Waals surface area (Å²) in [4.78, 5) is 10.1. The molecule has 6 heteroatoms. The van der Waals surface area contributed by atoms with E-state index in [1.807, 2.05) is 0 Å². The lowest BCUT2D eigenvalue weighted by molar-refractivity contribution is -0.136. The van der Waals surface area contributed by atoms with Crippen LogP contribution in [0.1, 0.15) is 11.3 Å². The Bertz CT molecular complexity index is 545. The van der Waals surface area contributed by atoms with Crippen molar-refractivity contribution in [1.29, 1.82) is 0 Å². The zero-order chi connectivity index (χ0) is 12.5. The van der Waals surface area contributed by atoms with Crippen LogP contribution in [0.2, 0.25) is 0 Å². The molecule has 0 atom stereocenters. The van der Waals surface area contributed by atoms with Crippen LogP contribution in [0.15, 0.2) is 28.7 Å². The molecule has 0 fully saturated rings. The van der Waals surface area contributed by atoms with E-state index in [1.54, 1.807) is 0 Å². The first kappa shape index (κ1) is 11.5. The average Bonchev–Trinajstić information content (AvgIpc) is 2.66. The van der Waals surface area contributed by atoms with Crippen molar-refractivity contribution in [3.63, 3.8) is 0 Å². The van der Waals surface area contributed by atoms with E-state index in [-0.39, 0.29) is 17.9 Å². The van der Waals surface area contributed by atoms with Gasteiger partial charge >= 0.3 is 6.18 Å². The minimum Gasteiger partial charge on any atom is -0.459 e. The highest BCUT2D eigenvalue weighted by Crippen LogP contribution is 2.35. The van der Waals surface area contributed by atoms with Crippen LogP contribution < -0.4 is 5.32 Å². The minimum absolute atomic E-state index is 0.0650. The number of fused-ring (bicyclic) bond motifs is 1. The highest BCUT2D eigenvalue weighted by Gasteiger charge is 2.34. The smallest absolute Gasteiger partial charge is 0.420 e. The van der Waals surface area contributed by atoms with Crippen LogP contribution in [0.5, 0.6) is 0 Å². The van der Waals surface area contributed by atoms with Crippen molar-refractivity contribution in [2.45, 2.75) is 12.7 Å². The number of hydrogen-bond donors (Lipinski definition) is 1. The van der Waals surface area contributed by atoms with E-state index < -0.39 is 11.7 Å². The van der Waals surface area contributed by atoms with Gasteiger partial charge in [0.05, 0.1) is 12.1 Å². The van der Waals surface area contributed by atoms with E-state index in [0.717, 1.165) is 6.07 Å². The maximum atomic E-state index is 12.6. The lowest BCUT2D eigenvalue weighted by Crippen LogP contribution is -2.08. The van der Waals surface area contributed by atoms with Gasteiger partial charge in [-0.25, -0.2) is 0 Å². The molecule has 0 saturated heterocycles. The Hall–Kier alpha value is -1.98. The van der Waals surface area contributed by atoms with Gasteiger partial charge in [0.2, 0.25) is 6.41 Å². The maximum absolute atomic E-state index is 12.6. The molecule has 1 N–H and O–H groups in total. The fourth-order valence-electron chi connectivity index (χ4n) is 1.57. The topological polar surface area (TPSA) is 42.2 Å². The quantitative estimate of drug-likeness (QED) is 0.842. The van der Waals surface area contributed by atoms with Crippen molar-refractivity contribution < 1.29 is 22.4 Å². The largest absolute Gasteiger partial charge is 0.459 e. The van der Waals surface area contributed by atoms with Crippen LogP contribution >= 0.6 is 0 Å². The predicted octanol–water partition coefficient (Wildman–Crippen LogP) is 2.70. The van der Waals surface area contributed by atoms with Crippen LogP contribution in [0.3, 0.4) is 0 Å². The number of nitrogens with one attached hydrogen (secondary N) is 1. The van der Waals surface area contributed by atoms with E-state index >= 15 is 0 Å². The second kappa shape index (κ2) is 4.12. The normalized spacial score (nSPS) is 11.7. The van der Waals surface area contributed by atoms with Gasteiger partial charge in [-0.1, -0.05) is 12.1 Å². The lowest BCUT2D eigenvalue weighted by Gasteiger charge is -2.06. The van der Waals surface area contributed by atoms with E-state index in [1.165, 1.54) is 18.2 Å². The van der Waals surface area contributed by atoms with Crippen LogP contribution in [0, 0.1) is 0 Å². The summed E-state index contributed by atoms with van der Waals surface area (Å²) in [6.07, 6.45) is -4.00. The van der Waals surface area contributed by atoms with Gasteiger partial charge in [-0.15, -0.1) is 0 Å². The number of halogens is 3. The molecule has 0 saturated carbocycles. The van der Waals surface area contributed by atoms with Crippen LogP contribution in [0.25, 0.3) is 11.0 Å². The Morgan fingerprint density at radius 1 is 1.35 bits per heavy atom. The van der Waals surface area contributed by atoms with Crippen LogP contribution in [-0.2, 0) is 17.5 Å². The second-order valence-corrected chi connectivity index (χ2v) is 3.43. The molecular formula is C11H8F3NO2. The molecule has 1 heterocycles. The summed E-state index contributed by atoms with van der Waals surface area (Å²) in [5.41, 5.74) is -1.02. The molecule has 2 rings (SSSR count). The zero-order valence-corrected chi connectivity index (χ0v) is 8.54. The first-order chi connectivity index (χ1) is 8.02. The standard InChI is InChI=1S/C11H8F3NO2/c12-11(13,14)9-3-1-2-7-4-8(5-15-6-16)17-10(7)9/h1-4,6H,5H2,(H,15,16). The van der Waals surface area contributed by atoms with Gasteiger partial charge in [0, 0.05) is 5.39 Å². The van der Waals surface area contributed by atoms with Crippen molar-refractivity contribution >= 4 is 17.4 Å². The fourth-order valence-corrected chi connectivity index (χ4v) is 1.57. The SMILES string of the molecule is O=CNCc1cc2cccc(C(F)(F)F)c2o1. The summed E-state index contributed by atoms with van der Waals surface area (Å²) in [5, 5.41) is 2.69. The van der Waals surface area contributed by atoms with Crippen molar-refractivity contribution in [2.24, 2.45) is 0 Å². The van der Waals surface area contributed by atoms with E-state index in [2.05, 4.69) is 5.32 Å². The number of hydrogen-bond acceptors (Lipinski definition) is 2. The summed E-state index contributed by atoms with van der Waals surface area (Å²) < 4.78 is 43.0. The van der Waals surface area contributed by atoms with Gasteiger partial charge < -0.3 is 9.73 Å². The highest BCUT2D eigenvalue weighted by atomic mass is 19.4. The molecule has 0 radical (unpaired) electrons. The van der Waals surface area contributed by atoms with Gasteiger partial charge in [-0.2, -0.15) is 13.2 Å². The Labute approximate surface area is 94.2 Å². The number of carbonyl (C=O) groups is 1. The van der Waals surface area contributed by atoms with Crippen molar-refractivity contribution in [2.75, 3.05) is 0 Å². The molecule has 0 spiro atoms. The first-order valence-electron chi connectivity index (χ1n) is 4.78. The number of carbonyl (C=O) groups excluding carboxylic acids is 1. The summed E-state index contributed by atoms with van der Waals surface area (Å²) in [6.45, 7) is 0.0650. The monoisotopic (exact) mass is 243 g/mol. The molecule has 0 aliphatic rings. The van der Waals surface area contributed by atoms with Crippen molar-refractivity contribution in [1.82, 2.24) is 5.32 Å². The number of rotatable bonds is 3. The highest BCUT2D eigenvalue weighted by molar-refractivity contribution is 5.81.